The first-order valence-electron chi connectivity index (χ1n) is 13.8. The Labute approximate surface area is 242 Å². The molecule has 1 N–H and O–H groups in total. The summed E-state index contributed by atoms with van der Waals surface area (Å²) in [6, 6.07) is 9.28. The lowest BCUT2D eigenvalue weighted by molar-refractivity contribution is -0.138. The van der Waals surface area contributed by atoms with Crippen LogP contribution in [0, 0.1) is 13.8 Å². The zero-order valence-electron chi connectivity index (χ0n) is 24.4. The van der Waals surface area contributed by atoms with Crippen LogP contribution in [0.3, 0.4) is 0 Å². The van der Waals surface area contributed by atoms with E-state index in [0.29, 0.717) is 11.4 Å². The van der Waals surface area contributed by atoms with E-state index < -0.39 is 17.6 Å². The molecule has 1 aliphatic heterocycles. The Morgan fingerprint density at radius 3 is 2.50 bits per heavy atom. The number of amides is 1. The molecular weight excluding hydrogens is 545 g/mol. The summed E-state index contributed by atoms with van der Waals surface area (Å²) in [4.78, 5) is 17.4. The van der Waals surface area contributed by atoms with Gasteiger partial charge in [0, 0.05) is 42.1 Å². The predicted molar refractivity (Wildman–Crippen MR) is 154 cm³/mol. The molecule has 12 heteroatoms. The Hall–Kier alpha value is -4.03. The van der Waals surface area contributed by atoms with Gasteiger partial charge in [-0.25, -0.2) is 4.68 Å². The van der Waals surface area contributed by atoms with Crippen LogP contribution in [-0.2, 0) is 19.8 Å². The highest BCUT2D eigenvalue weighted by atomic mass is 19.4. The van der Waals surface area contributed by atoms with Gasteiger partial charge in [-0.3, -0.25) is 14.4 Å². The zero-order chi connectivity index (χ0) is 30.2. The lowest BCUT2D eigenvalue weighted by Gasteiger charge is -2.35. The molecule has 9 nitrogen and oxygen atoms in total. The largest absolute Gasteiger partial charge is 0.416 e. The standard InChI is InChI=1S/C30H35F3N8O/c1-19-6-7-21(14-28(19)41-18-27(36-37-41)25-16-34-40(5)20(25)2)29(42)35-23-9-8-22(26(15-23)30(31,32)33)17-39(4)24-10-12-38(3)13-11-24/h6-9,14-16,18,24H,10-13,17H2,1-5H3,(H,35,42). The van der Waals surface area contributed by atoms with Crippen LogP contribution >= 0.6 is 0 Å². The molecule has 1 amide bonds. The molecule has 1 fully saturated rings. The number of benzene rings is 2. The fraction of sp³-hybridized carbons (Fsp3) is 0.400. The number of carbonyl (C=O) groups excluding carboxylic acids is 1. The van der Waals surface area contributed by atoms with Gasteiger partial charge in [-0.1, -0.05) is 17.3 Å². The van der Waals surface area contributed by atoms with Crippen LogP contribution < -0.4 is 5.32 Å². The summed E-state index contributed by atoms with van der Waals surface area (Å²) in [6.45, 7) is 5.84. The SMILES string of the molecule is Cc1ccc(C(=O)Nc2ccc(CN(C)C3CCN(C)CC3)c(C(F)(F)F)c2)cc1-n1cc(-c2cnn(C)c2C)nn1. The van der Waals surface area contributed by atoms with Crippen LogP contribution in [0.15, 0.2) is 48.8 Å². The topological polar surface area (TPSA) is 84.1 Å². The van der Waals surface area contributed by atoms with E-state index in [1.54, 1.807) is 40.0 Å². The maximum absolute atomic E-state index is 14.1. The fourth-order valence-corrected chi connectivity index (χ4v) is 5.35. The first-order chi connectivity index (χ1) is 19.9. The average Bonchev–Trinajstić information content (AvgIpc) is 3.56. The number of hydrogen-bond acceptors (Lipinski definition) is 6. The molecule has 1 saturated heterocycles. The average molecular weight is 581 g/mol. The van der Waals surface area contributed by atoms with E-state index in [1.165, 1.54) is 12.1 Å². The van der Waals surface area contributed by atoms with E-state index in [0.717, 1.165) is 48.8 Å². The number of carbonyl (C=O) groups is 1. The van der Waals surface area contributed by atoms with Crippen LogP contribution in [0.5, 0.6) is 0 Å². The van der Waals surface area contributed by atoms with Gasteiger partial charge in [-0.15, -0.1) is 5.10 Å². The second-order valence-corrected chi connectivity index (χ2v) is 11.1. The number of aromatic nitrogens is 5. The number of nitrogens with zero attached hydrogens (tertiary/aromatic N) is 7. The monoisotopic (exact) mass is 580 g/mol. The minimum atomic E-state index is -4.56. The van der Waals surface area contributed by atoms with Crippen molar-refractivity contribution in [1.29, 1.82) is 0 Å². The van der Waals surface area contributed by atoms with Crippen molar-refractivity contribution in [3.63, 3.8) is 0 Å². The number of likely N-dealkylation sites (tertiary alicyclic amines) is 1. The quantitative estimate of drug-likeness (QED) is 0.328. The number of hydrogen-bond donors (Lipinski definition) is 1. The number of alkyl halides is 3. The normalized spacial score (nSPS) is 15.0. The van der Waals surface area contributed by atoms with E-state index in [2.05, 4.69) is 32.7 Å². The Morgan fingerprint density at radius 2 is 1.83 bits per heavy atom. The lowest BCUT2D eigenvalue weighted by Crippen LogP contribution is -2.41. The van der Waals surface area contributed by atoms with Crippen molar-refractivity contribution in [2.75, 3.05) is 32.5 Å². The number of halogens is 3. The summed E-state index contributed by atoms with van der Waals surface area (Å²) in [6.07, 6.45) is 0.747. The summed E-state index contributed by atoms with van der Waals surface area (Å²) in [5.41, 5.74) is 3.70. The number of aryl methyl sites for hydroxylation is 2. The molecule has 0 radical (unpaired) electrons. The van der Waals surface area contributed by atoms with Crippen molar-refractivity contribution in [3.05, 3.63) is 76.7 Å². The predicted octanol–water partition coefficient (Wildman–Crippen LogP) is 5.08. The molecular formula is C30H35F3N8O. The maximum Gasteiger partial charge on any atom is 0.416 e. The maximum atomic E-state index is 14.1. The van der Waals surface area contributed by atoms with E-state index in [4.69, 9.17) is 0 Å². The molecule has 0 saturated carbocycles. The molecule has 42 heavy (non-hydrogen) atoms. The van der Waals surface area contributed by atoms with Crippen LogP contribution in [-0.4, -0.2) is 73.7 Å². The highest BCUT2D eigenvalue weighted by Crippen LogP contribution is 2.35. The van der Waals surface area contributed by atoms with Gasteiger partial charge in [0.2, 0.25) is 0 Å². The third kappa shape index (κ3) is 6.24. The van der Waals surface area contributed by atoms with Gasteiger partial charge in [0.15, 0.2) is 0 Å². The minimum absolute atomic E-state index is 0.0789. The van der Waals surface area contributed by atoms with Crippen molar-refractivity contribution in [2.24, 2.45) is 7.05 Å². The van der Waals surface area contributed by atoms with Crippen molar-refractivity contribution < 1.29 is 18.0 Å². The van der Waals surface area contributed by atoms with Crippen molar-refractivity contribution >= 4 is 11.6 Å². The Balaban J connectivity index is 1.35. The van der Waals surface area contributed by atoms with Crippen molar-refractivity contribution in [3.8, 4) is 16.9 Å². The van der Waals surface area contributed by atoms with E-state index in [9.17, 15) is 18.0 Å². The zero-order valence-corrected chi connectivity index (χ0v) is 24.4. The first kappa shape index (κ1) is 29.5. The number of rotatable bonds is 7. The first-order valence-corrected chi connectivity index (χ1v) is 13.8. The second kappa shape index (κ2) is 11.7. The van der Waals surface area contributed by atoms with Gasteiger partial charge >= 0.3 is 6.18 Å². The van der Waals surface area contributed by atoms with Gasteiger partial charge in [0.05, 0.1) is 23.6 Å². The molecule has 2 aromatic carbocycles. The summed E-state index contributed by atoms with van der Waals surface area (Å²) in [5.74, 6) is -0.524. The van der Waals surface area contributed by atoms with Gasteiger partial charge in [0.25, 0.3) is 5.91 Å². The molecule has 1 aliphatic rings. The molecule has 0 aliphatic carbocycles. The van der Waals surface area contributed by atoms with Crippen molar-refractivity contribution in [1.82, 2.24) is 34.6 Å². The molecule has 4 aromatic rings. The number of anilines is 1. The molecule has 0 spiro atoms. The highest BCUT2D eigenvalue weighted by Gasteiger charge is 2.34. The molecule has 0 atom stereocenters. The van der Waals surface area contributed by atoms with Gasteiger partial charge in [0.1, 0.15) is 5.69 Å². The number of nitrogens with one attached hydrogen (secondary N) is 1. The minimum Gasteiger partial charge on any atom is -0.322 e. The molecule has 222 valence electrons. The summed E-state index contributed by atoms with van der Waals surface area (Å²) < 4.78 is 45.6. The summed E-state index contributed by atoms with van der Waals surface area (Å²) >= 11 is 0. The lowest BCUT2D eigenvalue weighted by atomic mass is 10.0. The van der Waals surface area contributed by atoms with Crippen molar-refractivity contribution in [2.45, 2.75) is 45.5 Å². The van der Waals surface area contributed by atoms with Gasteiger partial charge in [-0.2, -0.15) is 18.3 Å². The van der Waals surface area contributed by atoms with E-state index in [-0.39, 0.29) is 29.4 Å². The van der Waals surface area contributed by atoms with Crippen LogP contribution in [0.2, 0.25) is 0 Å². The fourth-order valence-electron chi connectivity index (χ4n) is 5.35. The van der Waals surface area contributed by atoms with Gasteiger partial charge < -0.3 is 10.2 Å². The molecule has 0 unspecified atom stereocenters. The Morgan fingerprint density at radius 1 is 1.10 bits per heavy atom. The molecule has 5 rings (SSSR count). The van der Waals surface area contributed by atoms with Gasteiger partial charge in [-0.05, 0) is 89.3 Å². The number of piperidine rings is 1. The molecule has 0 bridgehead atoms. The smallest absolute Gasteiger partial charge is 0.322 e. The highest BCUT2D eigenvalue weighted by molar-refractivity contribution is 6.04. The third-order valence-corrected chi connectivity index (χ3v) is 8.13. The van der Waals surface area contributed by atoms with Crippen LogP contribution in [0.4, 0.5) is 18.9 Å². The Bertz CT molecular complexity index is 1580. The molecule has 3 heterocycles. The summed E-state index contributed by atoms with van der Waals surface area (Å²) in [7, 11) is 5.77. The Kier molecular flexibility index (Phi) is 8.20. The second-order valence-electron chi connectivity index (χ2n) is 11.1. The van der Waals surface area contributed by atoms with E-state index in [1.807, 2.05) is 32.8 Å². The van der Waals surface area contributed by atoms with Crippen LogP contribution in [0.1, 0.15) is 45.6 Å². The van der Waals surface area contributed by atoms with E-state index >= 15 is 0 Å². The summed E-state index contributed by atoms with van der Waals surface area (Å²) in [5, 5.41) is 15.4. The third-order valence-electron chi connectivity index (χ3n) is 8.13. The van der Waals surface area contributed by atoms with Crippen LogP contribution in [0.25, 0.3) is 16.9 Å². The molecule has 2 aromatic heterocycles.